The molecular formula is C13H14BrN3OS. The maximum absolute atomic E-state index is 8.66. The molecule has 0 aliphatic heterocycles. The van der Waals surface area contributed by atoms with Crippen LogP contribution in [0.5, 0.6) is 0 Å². The van der Waals surface area contributed by atoms with Crippen LogP contribution in [0.25, 0.3) is 5.57 Å². The predicted molar refractivity (Wildman–Crippen MR) is 80.3 cm³/mol. The van der Waals surface area contributed by atoms with E-state index in [1.807, 2.05) is 19.9 Å². The molecular weight excluding hydrogens is 326 g/mol. The lowest BCUT2D eigenvalue weighted by molar-refractivity contribution is 0.159. The molecule has 0 N–H and O–H groups in total. The van der Waals surface area contributed by atoms with Crippen molar-refractivity contribution in [1.82, 2.24) is 9.36 Å². The van der Waals surface area contributed by atoms with E-state index in [-0.39, 0.29) is 6.10 Å². The number of ether oxygens (including phenoxy) is 1. The molecule has 100 valence electrons. The topological polar surface area (TPSA) is 58.8 Å². The molecule has 0 atom stereocenters. The average Bonchev–Trinajstić information content (AvgIpc) is 2.75. The number of rotatable bonds is 6. The molecule has 0 aliphatic carbocycles. The van der Waals surface area contributed by atoms with Crippen LogP contribution in [-0.2, 0) is 4.74 Å². The number of nitrogens with zero attached hydrogens (tertiary/aromatic N) is 3. The van der Waals surface area contributed by atoms with Crippen molar-refractivity contribution in [2.45, 2.75) is 26.4 Å². The summed E-state index contributed by atoms with van der Waals surface area (Å²) in [7, 11) is 0. The largest absolute Gasteiger partial charge is 0.492 e. The van der Waals surface area contributed by atoms with Gasteiger partial charge in [-0.2, -0.15) is 9.64 Å². The molecule has 0 bridgehead atoms. The Morgan fingerprint density at radius 1 is 1.58 bits per heavy atom. The molecule has 0 unspecified atom stereocenters. The van der Waals surface area contributed by atoms with Gasteiger partial charge in [0.25, 0.3) is 0 Å². The number of nitriles is 1. The van der Waals surface area contributed by atoms with Crippen molar-refractivity contribution in [2.24, 2.45) is 0 Å². The Balaban J connectivity index is 2.85. The van der Waals surface area contributed by atoms with Crippen molar-refractivity contribution < 1.29 is 4.74 Å². The van der Waals surface area contributed by atoms with Gasteiger partial charge in [-0.15, -0.1) is 0 Å². The van der Waals surface area contributed by atoms with E-state index in [2.05, 4.69) is 37.9 Å². The van der Waals surface area contributed by atoms with Crippen LogP contribution in [0.4, 0.5) is 0 Å². The van der Waals surface area contributed by atoms with Gasteiger partial charge in [-0.1, -0.05) is 12.7 Å². The summed E-state index contributed by atoms with van der Waals surface area (Å²) in [5, 5.41) is 9.41. The van der Waals surface area contributed by atoms with Crippen LogP contribution < -0.4 is 0 Å². The summed E-state index contributed by atoms with van der Waals surface area (Å²) in [6, 6.07) is 2.08. The first-order valence-electron chi connectivity index (χ1n) is 5.63. The second kappa shape index (κ2) is 7.87. The highest BCUT2D eigenvalue weighted by atomic mass is 79.9. The van der Waals surface area contributed by atoms with Crippen molar-refractivity contribution >= 4 is 33.0 Å². The maximum atomic E-state index is 8.66. The maximum Gasteiger partial charge on any atom is 0.209 e. The van der Waals surface area contributed by atoms with Crippen LogP contribution in [0, 0.1) is 11.3 Å². The molecule has 4 nitrogen and oxygen atoms in total. The van der Waals surface area contributed by atoms with Gasteiger partial charge in [0.1, 0.15) is 10.8 Å². The molecule has 0 fully saturated rings. The van der Waals surface area contributed by atoms with E-state index in [1.54, 1.807) is 12.2 Å². The number of aromatic nitrogens is 2. The van der Waals surface area contributed by atoms with Crippen LogP contribution in [0.15, 0.2) is 35.3 Å². The molecule has 1 aromatic rings. The van der Waals surface area contributed by atoms with Crippen LogP contribution in [0.3, 0.4) is 0 Å². The zero-order chi connectivity index (χ0) is 14.3. The van der Waals surface area contributed by atoms with E-state index in [9.17, 15) is 0 Å². The van der Waals surface area contributed by atoms with E-state index in [4.69, 9.17) is 10.00 Å². The quantitative estimate of drug-likeness (QED) is 0.578. The highest BCUT2D eigenvalue weighted by Gasteiger charge is 2.05. The standard InChI is InChI=1S/C13H14BrN3OS/c1-9(2)18-10(3)6-7-11(5-4-8-15)12-16-13(14)17-19-12/h5-7,9H,3-4H2,1-2H3. The lowest BCUT2D eigenvalue weighted by Gasteiger charge is -2.08. The van der Waals surface area contributed by atoms with Gasteiger partial charge in [0, 0.05) is 5.57 Å². The van der Waals surface area contributed by atoms with E-state index in [0.717, 1.165) is 10.6 Å². The van der Waals surface area contributed by atoms with E-state index >= 15 is 0 Å². The Kier molecular flexibility index (Phi) is 6.46. The molecule has 0 amide bonds. The van der Waals surface area contributed by atoms with Gasteiger partial charge in [0.05, 0.1) is 18.6 Å². The van der Waals surface area contributed by atoms with Gasteiger partial charge < -0.3 is 4.74 Å². The summed E-state index contributed by atoms with van der Waals surface area (Å²) >= 11 is 4.48. The smallest absolute Gasteiger partial charge is 0.209 e. The predicted octanol–water partition coefficient (Wildman–Crippen LogP) is 4.09. The molecule has 19 heavy (non-hydrogen) atoms. The Hall–Kier alpha value is -1.45. The molecule has 6 heteroatoms. The second-order valence-corrected chi connectivity index (χ2v) is 5.32. The van der Waals surface area contributed by atoms with Crippen molar-refractivity contribution in [3.63, 3.8) is 0 Å². The summed E-state index contributed by atoms with van der Waals surface area (Å²) in [5.41, 5.74) is 0.832. The summed E-state index contributed by atoms with van der Waals surface area (Å²) in [5.74, 6) is 0.571. The first-order chi connectivity index (χ1) is 9.02. The van der Waals surface area contributed by atoms with Crippen molar-refractivity contribution in [2.75, 3.05) is 0 Å². The minimum Gasteiger partial charge on any atom is -0.492 e. The van der Waals surface area contributed by atoms with Crippen molar-refractivity contribution in [1.29, 1.82) is 5.26 Å². The highest BCUT2D eigenvalue weighted by molar-refractivity contribution is 9.10. The molecule has 0 aliphatic rings. The van der Waals surface area contributed by atoms with Gasteiger partial charge in [0.2, 0.25) is 4.73 Å². The summed E-state index contributed by atoms with van der Waals surface area (Å²) in [6.45, 7) is 7.68. The Morgan fingerprint density at radius 3 is 2.84 bits per heavy atom. The Labute approximate surface area is 125 Å². The van der Waals surface area contributed by atoms with Crippen molar-refractivity contribution in [3.05, 3.63) is 40.3 Å². The second-order valence-electron chi connectivity index (χ2n) is 3.86. The zero-order valence-electron chi connectivity index (χ0n) is 10.8. The highest BCUT2D eigenvalue weighted by Crippen LogP contribution is 2.21. The molecule has 0 radical (unpaired) electrons. The number of halogens is 1. The van der Waals surface area contributed by atoms with Crippen LogP contribution >= 0.6 is 27.5 Å². The van der Waals surface area contributed by atoms with Crippen LogP contribution in [0.2, 0.25) is 0 Å². The number of allylic oxidation sites excluding steroid dienone is 4. The fourth-order valence-corrected chi connectivity index (χ4v) is 2.33. The monoisotopic (exact) mass is 339 g/mol. The van der Waals surface area contributed by atoms with E-state index in [1.165, 1.54) is 11.5 Å². The van der Waals surface area contributed by atoms with Gasteiger partial charge in [-0.25, -0.2) is 4.98 Å². The van der Waals surface area contributed by atoms with Crippen molar-refractivity contribution in [3.8, 4) is 6.07 Å². The van der Waals surface area contributed by atoms with Gasteiger partial charge in [-0.3, -0.25) is 0 Å². The third-order valence-electron chi connectivity index (χ3n) is 1.90. The minimum atomic E-state index is 0.0827. The first-order valence-corrected chi connectivity index (χ1v) is 7.20. The number of hydrogen-bond acceptors (Lipinski definition) is 5. The van der Waals surface area contributed by atoms with Gasteiger partial charge in [0.15, 0.2) is 0 Å². The van der Waals surface area contributed by atoms with Gasteiger partial charge in [-0.05, 0) is 53.5 Å². The SMILES string of the molecule is C=C(C=CC(=CCC#N)c1nc(Br)ns1)OC(C)C. The Bertz CT molecular complexity index is 540. The average molecular weight is 340 g/mol. The van der Waals surface area contributed by atoms with E-state index < -0.39 is 0 Å². The third-order valence-corrected chi connectivity index (χ3v) is 3.25. The first kappa shape index (κ1) is 15.6. The number of hydrogen-bond donors (Lipinski definition) is 0. The third kappa shape index (κ3) is 5.81. The molecule has 1 aromatic heterocycles. The van der Waals surface area contributed by atoms with Crippen LogP contribution in [0.1, 0.15) is 25.3 Å². The van der Waals surface area contributed by atoms with E-state index in [0.29, 0.717) is 16.9 Å². The molecule has 0 saturated carbocycles. The summed E-state index contributed by atoms with van der Waals surface area (Å²) in [6.07, 6.45) is 5.79. The van der Waals surface area contributed by atoms with Gasteiger partial charge >= 0.3 is 0 Å². The fourth-order valence-electron chi connectivity index (χ4n) is 1.23. The molecule has 0 aromatic carbocycles. The molecule has 0 spiro atoms. The lowest BCUT2D eigenvalue weighted by Crippen LogP contribution is -1.99. The fraction of sp³-hybridized carbons (Fsp3) is 0.308. The normalized spacial score (nSPS) is 11.8. The zero-order valence-corrected chi connectivity index (χ0v) is 13.2. The van der Waals surface area contributed by atoms with Crippen LogP contribution in [-0.4, -0.2) is 15.5 Å². The minimum absolute atomic E-state index is 0.0827. The molecule has 1 heterocycles. The molecule has 0 saturated heterocycles. The summed E-state index contributed by atoms with van der Waals surface area (Å²) in [4.78, 5) is 4.23. The lowest BCUT2D eigenvalue weighted by atomic mass is 10.2. The Morgan fingerprint density at radius 2 is 2.32 bits per heavy atom. The molecule has 1 rings (SSSR count). The summed E-state index contributed by atoms with van der Waals surface area (Å²) < 4.78 is 10.0.